The average Bonchev–Trinajstić information content (AvgIpc) is 2.29. The summed E-state index contributed by atoms with van der Waals surface area (Å²) in [7, 11) is 0. The number of hydrogen-bond donors (Lipinski definition) is 0. The highest BCUT2D eigenvalue weighted by molar-refractivity contribution is 5.51. The van der Waals surface area contributed by atoms with E-state index >= 15 is 0 Å². The van der Waals surface area contributed by atoms with E-state index in [0.29, 0.717) is 31.9 Å². The zero-order valence-electron chi connectivity index (χ0n) is 8.70. The Balaban J connectivity index is 2.11. The first kappa shape index (κ1) is 10.9. The molecule has 1 aromatic rings. The Morgan fingerprint density at radius 3 is 2.38 bits per heavy atom. The fourth-order valence-corrected chi connectivity index (χ4v) is 1.81. The molecule has 1 heterocycles. The van der Waals surface area contributed by atoms with Gasteiger partial charge < -0.3 is 9.80 Å². The van der Waals surface area contributed by atoms with Gasteiger partial charge in [-0.1, -0.05) is 0 Å². The summed E-state index contributed by atoms with van der Waals surface area (Å²) in [5.74, 6) is -1.13. The molecule has 1 amide bonds. The number of rotatable bonds is 2. The summed E-state index contributed by atoms with van der Waals surface area (Å²) in [5.41, 5.74) is 0.395. The lowest BCUT2D eigenvalue weighted by Crippen LogP contribution is -2.46. The molecule has 0 radical (unpaired) electrons. The fraction of sp³-hybridized carbons (Fsp3) is 0.364. The molecule has 0 saturated carbocycles. The predicted molar refractivity (Wildman–Crippen MR) is 56.2 cm³/mol. The van der Waals surface area contributed by atoms with Gasteiger partial charge in [-0.3, -0.25) is 4.79 Å². The van der Waals surface area contributed by atoms with E-state index in [1.54, 1.807) is 4.90 Å². The van der Waals surface area contributed by atoms with Gasteiger partial charge in [-0.05, 0) is 12.1 Å². The van der Waals surface area contributed by atoms with Crippen LogP contribution in [0.1, 0.15) is 0 Å². The van der Waals surface area contributed by atoms with Crippen LogP contribution in [0.5, 0.6) is 0 Å². The highest BCUT2D eigenvalue weighted by atomic mass is 19.1. The molecule has 3 nitrogen and oxygen atoms in total. The van der Waals surface area contributed by atoms with E-state index in [1.165, 1.54) is 12.1 Å². The smallest absolute Gasteiger partial charge is 0.209 e. The zero-order valence-corrected chi connectivity index (χ0v) is 8.70. The maximum atomic E-state index is 13.4. The molecule has 1 aliphatic heterocycles. The van der Waals surface area contributed by atoms with Crippen molar-refractivity contribution in [1.29, 1.82) is 0 Å². The molecule has 0 unspecified atom stereocenters. The van der Waals surface area contributed by atoms with Gasteiger partial charge in [-0.2, -0.15) is 0 Å². The van der Waals surface area contributed by atoms with Gasteiger partial charge in [0.25, 0.3) is 0 Å². The van der Waals surface area contributed by atoms with Gasteiger partial charge in [0.15, 0.2) is 0 Å². The van der Waals surface area contributed by atoms with E-state index in [9.17, 15) is 13.6 Å². The lowest BCUT2D eigenvalue weighted by atomic mass is 10.2. The first-order chi connectivity index (χ1) is 7.70. The molecule has 5 heteroatoms. The molecule has 0 spiro atoms. The van der Waals surface area contributed by atoms with Crippen LogP contribution in [0.2, 0.25) is 0 Å². The SMILES string of the molecule is O=CN1CCN(c2ccc(F)cc2F)CC1. The Hall–Kier alpha value is -1.65. The third-order valence-electron chi connectivity index (χ3n) is 2.71. The van der Waals surface area contributed by atoms with Crippen LogP contribution in [0.4, 0.5) is 14.5 Å². The van der Waals surface area contributed by atoms with E-state index in [1.807, 2.05) is 4.90 Å². The summed E-state index contributed by atoms with van der Waals surface area (Å²) in [6.45, 7) is 2.28. The molecule has 0 bridgehead atoms. The van der Waals surface area contributed by atoms with Crippen LogP contribution in [0.15, 0.2) is 18.2 Å². The monoisotopic (exact) mass is 226 g/mol. The quantitative estimate of drug-likeness (QED) is 0.708. The third kappa shape index (κ3) is 2.13. The normalized spacial score (nSPS) is 16.4. The number of halogens is 2. The van der Waals surface area contributed by atoms with Crippen molar-refractivity contribution < 1.29 is 13.6 Å². The average molecular weight is 226 g/mol. The molecule has 0 atom stereocenters. The summed E-state index contributed by atoms with van der Waals surface area (Å²) in [5, 5.41) is 0. The van der Waals surface area contributed by atoms with Crippen LogP contribution in [-0.4, -0.2) is 37.5 Å². The first-order valence-electron chi connectivity index (χ1n) is 5.10. The van der Waals surface area contributed by atoms with E-state index in [2.05, 4.69) is 0 Å². The molecule has 1 aliphatic rings. The summed E-state index contributed by atoms with van der Waals surface area (Å²) in [6.07, 6.45) is 0.790. The van der Waals surface area contributed by atoms with Crippen molar-refractivity contribution in [3.8, 4) is 0 Å². The Labute approximate surface area is 92.3 Å². The summed E-state index contributed by atoms with van der Waals surface area (Å²) in [4.78, 5) is 13.9. The van der Waals surface area contributed by atoms with Crippen LogP contribution in [0, 0.1) is 11.6 Å². The maximum Gasteiger partial charge on any atom is 0.209 e. The number of carbonyl (C=O) groups excluding carboxylic acids is 1. The van der Waals surface area contributed by atoms with Crippen LogP contribution in [0.25, 0.3) is 0 Å². The van der Waals surface area contributed by atoms with Gasteiger partial charge in [-0.15, -0.1) is 0 Å². The third-order valence-corrected chi connectivity index (χ3v) is 2.71. The minimum absolute atomic E-state index is 0.395. The lowest BCUT2D eigenvalue weighted by Gasteiger charge is -2.34. The molecule has 0 aromatic heterocycles. The Morgan fingerprint density at radius 1 is 1.12 bits per heavy atom. The highest BCUT2D eigenvalue weighted by Crippen LogP contribution is 2.21. The van der Waals surface area contributed by atoms with Crippen molar-refractivity contribution in [2.24, 2.45) is 0 Å². The van der Waals surface area contributed by atoms with Crippen molar-refractivity contribution in [3.63, 3.8) is 0 Å². The number of piperazine rings is 1. The molecular formula is C11H12F2N2O. The number of nitrogens with zero attached hydrogens (tertiary/aromatic N) is 2. The number of benzene rings is 1. The number of amides is 1. The molecule has 1 aromatic carbocycles. The topological polar surface area (TPSA) is 23.6 Å². The van der Waals surface area contributed by atoms with Crippen molar-refractivity contribution in [2.45, 2.75) is 0 Å². The number of carbonyl (C=O) groups is 1. The predicted octanol–water partition coefficient (Wildman–Crippen LogP) is 1.24. The number of hydrogen-bond acceptors (Lipinski definition) is 2. The fourth-order valence-electron chi connectivity index (χ4n) is 1.81. The van der Waals surface area contributed by atoms with Crippen molar-refractivity contribution in [2.75, 3.05) is 31.1 Å². The standard InChI is InChI=1S/C11H12F2N2O/c12-9-1-2-11(10(13)7-9)15-5-3-14(8-16)4-6-15/h1-2,7-8H,3-6H2. The Morgan fingerprint density at radius 2 is 1.81 bits per heavy atom. The molecule has 1 fully saturated rings. The maximum absolute atomic E-state index is 13.4. The Kier molecular flexibility index (Phi) is 3.03. The summed E-state index contributed by atoms with van der Waals surface area (Å²) >= 11 is 0. The lowest BCUT2D eigenvalue weighted by molar-refractivity contribution is -0.118. The van der Waals surface area contributed by atoms with Gasteiger partial charge in [-0.25, -0.2) is 8.78 Å². The summed E-state index contributed by atoms with van der Waals surface area (Å²) < 4.78 is 26.2. The molecule has 16 heavy (non-hydrogen) atoms. The molecule has 0 N–H and O–H groups in total. The molecular weight excluding hydrogens is 214 g/mol. The second-order valence-electron chi connectivity index (χ2n) is 3.72. The van der Waals surface area contributed by atoms with Gasteiger partial charge in [0.05, 0.1) is 5.69 Å². The van der Waals surface area contributed by atoms with Crippen LogP contribution in [0.3, 0.4) is 0 Å². The van der Waals surface area contributed by atoms with Crippen molar-refractivity contribution in [1.82, 2.24) is 4.90 Å². The molecule has 2 rings (SSSR count). The Bertz CT molecular complexity index is 390. The van der Waals surface area contributed by atoms with E-state index in [4.69, 9.17) is 0 Å². The molecule has 1 saturated heterocycles. The minimum atomic E-state index is -0.576. The molecule has 0 aliphatic carbocycles. The summed E-state index contributed by atoms with van der Waals surface area (Å²) in [6, 6.07) is 3.55. The van der Waals surface area contributed by atoms with Gasteiger partial charge in [0.1, 0.15) is 11.6 Å². The largest absolute Gasteiger partial charge is 0.366 e. The van der Waals surface area contributed by atoms with Gasteiger partial charge in [0.2, 0.25) is 6.41 Å². The second-order valence-corrected chi connectivity index (χ2v) is 3.72. The van der Waals surface area contributed by atoms with Crippen LogP contribution < -0.4 is 4.90 Å². The van der Waals surface area contributed by atoms with Crippen molar-refractivity contribution in [3.05, 3.63) is 29.8 Å². The van der Waals surface area contributed by atoms with Crippen LogP contribution >= 0.6 is 0 Å². The first-order valence-corrected chi connectivity index (χ1v) is 5.10. The van der Waals surface area contributed by atoms with E-state index in [0.717, 1.165) is 12.5 Å². The molecule has 86 valence electrons. The van der Waals surface area contributed by atoms with Crippen molar-refractivity contribution >= 4 is 12.1 Å². The zero-order chi connectivity index (χ0) is 11.5. The minimum Gasteiger partial charge on any atom is -0.366 e. The van der Waals surface area contributed by atoms with Gasteiger partial charge in [0, 0.05) is 32.2 Å². The highest BCUT2D eigenvalue weighted by Gasteiger charge is 2.18. The second kappa shape index (κ2) is 4.47. The number of anilines is 1. The van der Waals surface area contributed by atoms with E-state index < -0.39 is 11.6 Å². The van der Waals surface area contributed by atoms with Crippen LogP contribution in [-0.2, 0) is 4.79 Å². The van der Waals surface area contributed by atoms with E-state index in [-0.39, 0.29) is 0 Å². The van der Waals surface area contributed by atoms with Gasteiger partial charge >= 0.3 is 0 Å².